The maximum absolute atomic E-state index is 14.1. The first-order valence-electron chi connectivity index (χ1n) is 22.1. The standard InChI is InChI=1S/C50H55N7O8S/c1-8-34-22-26-56(27-23-34)46-52-42-21-16-35(41-31-55(7)45(58)43-39(41)24-28-57(43)66(61,62)38-19-14-33(2)15-20-38)30-40(42)44(53-46)50(64-37-17-18-37,36-12-10-9-11-13-36)32-63-48(60)54(6)29-25-51-47(59)65-49(3,4)5/h1,9-16,19-21,24,28,30-31,34,37H,17-18,22-23,25-27,29,32H2,2-7H3,(H,51,59). The van der Waals surface area contributed by atoms with E-state index in [2.05, 4.69) is 16.1 Å². The number of aromatic nitrogens is 4. The van der Waals surface area contributed by atoms with Crippen molar-refractivity contribution in [1.29, 1.82) is 0 Å². The molecule has 1 saturated heterocycles. The zero-order valence-electron chi connectivity index (χ0n) is 38.1. The van der Waals surface area contributed by atoms with E-state index in [-0.39, 0.29) is 42.1 Å². The normalized spacial score (nSPS) is 15.6. The number of anilines is 1. The molecule has 1 atom stereocenters. The van der Waals surface area contributed by atoms with Crippen LogP contribution in [-0.2, 0) is 36.9 Å². The molecule has 8 rings (SSSR count). The molecule has 1 unspecified atom stereocenters. The number of hydrogen-bond donors (Lipinski definition) is 1. The maximum Gasteiger partial charge on any atom is 0.409 e. The number of aryl methyl sites for hydroxylation is 2. The number of piperidine rings is 1. The van der Waals surface area contributed by atoms with Crippen LogP contribution in [0.1, 0.15) is 63.3 Å². The number of carbonyl (C=O) groups excluding carboxylic acids is 2. The van der Waals surface area contributed by atoms with Crippen LogP contribution in [0.5, 0.6) is 0 Å². The molecule has 1 aliphatic heterocycles. The minimum Gasteiger partial charge on any atom is -0.446 e. The number of alkyl carbamates (subject to hydrolysis) is 1. The molecule has 66 heavy (non-hydrogen) atoms. The van der Waals surface area contributed by atoms with E-state index in [1.54, 1.807) is 59.3 Å². The van der Waals surface area contributed by atoms with E-state index in [1.807, 2.05) is 55.5 Å². The van der Waals surface area contributed by atoms with Crippen LogP contribution in [0.4, 0.5) is 15.5 Å². The lowest BCUT2D eigenvalue weighted by molar-refractivity contribution is -0.0734. The van der Waals surface area contributed by atoms with E-state index in [9.17, 15) is 22.8 Å². The van der Waals surface area contributed by atoms with Crippen molar-refractivity contribution < 1.29 is 32.2 Å². The van der Waals surface area contributed by atoms with Gasteiger partial charge < -0.3 is 33.9 Å². The van der Waals surface area contributed by atoms with Crippen molar-refractivity contribution in [3.05, 3.63) is 118 Å². The first kappa shape index (κ1) is 45.9. The minimum absolute atomic E-state index is 0.00545. The van der Waals surface area contributed by atoms with E-state index in [4.69, 9.17) is 30.6 Å². The van der Waals surface area contributed by atoms with Crippen molar-refractivity contribution >= 4 is 50.0 Å². The predicted molar refractivity (Wildman–Crippen MR) is 253 cm³/mol. The molecule has 1 N–H and O–H groups in total. The Morgan fingerprint density at radius 3 is 2.33 bits per heavy atom. The number of benzene rings is 3. The third-order valence-electron chi connectivity index (χ3n) is 11.9. The van der Waals surface area contributed by atoms with Crippen LogP contribution >= 0.6 is 0 Å². The third kappa shape index (κ3) is 9.50. The van der Waals surface area contributed by atoms with Crippen molar-refractivity contribution in [3.63, 3.8) is 0 Å². The number of hydrogen-bond acceptors (Lipinski definition) is 11. The summed E-state index contributed by atoms with van der Waals surface area (Å²) in [4.78, 5) is 54.1. The molecule has 0 bridgehead atoms. The third-order valence-corrected chi connectivity index (χ3v) is 13.6. The molecule has 0 spiro atoms. The smallest absolute Gasteiger partial charge is 0.409 e. The number of terminal acetylenes is 1. The Hall–Kier alpha value is -6.70. The van der Waals surface area contributed by atoms with Crippen LogP contribution in [0.3, 0.4) is 0 Å². The Kier molecular flexibility index (Phi) is 12.7. The van der Waals surface area contributed by atoms with Crippen LogP contribution in [-0.4, -0.2) is 95.6 Å². The SMILES string of the molecule is C#CC1CCN(c2nc(C(COC(=O)N(C)CCNC(=O)OC(C)(C)C)(OC3CC3)c3ccccc3)c3cc(-c4cn(C)c(=O)c5c4ccn5S(=O)(=O)c4ccc(C)cc4)ccc3n2)CC1. The van der Waals surface area contributed by atoms with Gasteiger partial charge in [0.1, 0.15) is 17.7 Å². The lowest BCUT2D eigenvalue weighted by Crippen LogP contribution is -2.43. The average Bonchev–Trinajstić information content (AvgIpc) is 4.00. The topological polar surface area (TPSA) is 167 Å². The molecule has 15 nitrogen and oxygen atoms in total. The van der Waals surface area contributed by atoms with E-state index in [1.165, 1.54) is 27.8 Å². The van der Waals surface area contributed by atoms with Gasteiger partial charge in [-0.25, -0.2) is 31.9 Å². The van der Waals surface area contributed by atoms with Gasteiger partial charge in [0.05, 0.1) is 22.2 Å². The summed E-state index contributed by atoms with van der Waals surface area (Å²) in [7, 11) is -0.970. The molecule has 0 radical (unpaired) electrons. The minimum atomic E-state index is -4.15. The lowest BCUT2D eigenvalue weighted by Gasteiger charge is -2.36. The Labute approximate surface area is 384 Å². The van der Waals surface area contributed by atoms with E-state index >= 15 is 0 Å². The van der Waals surface area contributed by atoms with Gasteiger partial charge >= 0.3 is 12.2 Å². The number of nitrogens with one attached hydrogen (secondary N) is 1. The van der Waals surface area contributed by atoms with Gasteiger partial charge in [-0.15, -0.1) is 12.3 Å². The first-order valence-corrected chi connectivity index (χ1v) is 23.6. The van der Waals surface area contributed by atoms with Gasteiger partial charge in [-0.1, -0.05) is 54.1 Å². The number of rotatable bonds is 13. The largest absolute Gasteiger partial charge is 0.446 e. The maximum atomic E-state index is 14.1. The second-order valence-corrected chi connectivity index (χ2v) is 19.9. The highest BCUT2D eigenvalue weighted by molar-refractivity contribution is 7.90. The highest BCUT2D eigenvalue weighted by Crippen LogP contribution is 2.44. The fourth-order valence-electron chi connectivity index (χ4n) is 8.19. The van der Waals surface area contributed by atoms with E-state index < -0.39 is 39.0 Å². The fourth-order valence-corrected chi connectivity index (χ4v) is 9.54. The summed E-state index contributed by atoms with van der Waals surface area (Å²) in [5.41, 5.74) is 1.30. The predicted octanol–water partition coefficient (Wildman–Crippen LogP) is 7.36. The summed E-state index contributed by atoms with van der Waals surface area (Å²) >= 11 is 0. The van der Waals surface area contributed by atoms with Crippen LogP contribution in [0.25, 0.3) is 32.9 Å². The average molecular weight is 914 g/mol. The van der Waals surface area contributed by atoms with Crippen molar-refractivity contribution in [2.24, 2.45) is 13.0 Å². The van der Waals surface area contributed by atoms with Crippen LogP contribution < -0.4 is 15.8 Å². The van der Waals surface area contributed by atoms with Crippen LogP contribution in [0.2, 0.25) is 0 Å². The summed E-state index contributed by atoms with van der Waals surface area (Å²) in [5, 5.41) is 3.72. The molecular formula is C50H55N7O8S. The molecule has 2 amide bonds. The van der Waals surface area contributed by atoms with Crippen LogP contribution in [0, 0.1) is 25.2 Å². The Balaban J connectivity index is 1.26. The summed E-state index contributed by atoms with van der Waals surface area (Å²) in [5.74, 6) is 3.51. The molecule has 1 saturated carbocycles. The fraction of sp³-hybridized carbons (Fsp3) is 0.380. The van der Waals surface area contributed by atoms with E-state index in [0.717, 1.165) is 35.2 Å². The van der Waals surface area contributed by atoms with E-state index in [0.29, 0.717) is 57.7 Å². The number of fused-ring (bicyclic) bond motifs is 2. The molecular weight excluding hydrogens is 859 g/mol. The molecule has 1 aliphatic carbocycles. The second kappa shape index (κ2) is 18.3. The summed E-state index contributed by atoms with van der Waals surface area (Å²) in [6.07, 6.45) is 10.7. The number of pyridine rings is 1. The molecule has 3 aromatic carbocycles. The highest BCUT2D eigenvalue weighted by atomic mass is 32.2. The van der Waals surface area contributed by atoms with Gasteiger partial charge in [-0.05, 0) is 94.8 Å². The molecule has 3 aromatic heterocycles. The Morgan fingerprint density at radius 1 is 0.955 bits per heavy atom. The quantitative estimate of drug-likeness (QED) is 0.115. The zero-order chi connectivity index (χ0) is 47.0. The van der Waals surface area contributed by atoms with Gasteiger partial charge in [-0.3, -0.25) is 4.79 Å². The molecule has 4 heterocycles. The first-order chi connectivity index (χ1) is 31.5. The summed E-state index contributed by atoms with van der Waals surface area (Å²) in [6.45, 7) is 8.45. The zero-order valence-corrected chi connectivity index (χ0v) is 38.9. The van der Waals surface area contributed by atoms with Gasteiger partial charge in [0, 0.05) is 74.9 Å². The Bertz CT molecular complexity index is 3000. The number of nitrogens with zero attached hydrogens (tertiary/aromatic N) is 6. The van der Waals surface area contributed by atoms with Crippen LogP contribution in [0.15, 0.2) is 101 Å². The molecule has 2 fully saturated rings. The van der Waals surface area contributed by atoms with Crippen molar-refractivity contribution in [3.8, 4) is 23.5 Å². The van der Waals surface area contributed by atoms with Gasteiger partial charge in [-0.2, -0.15) is 0 Å². The van der Waals surface area contributed by atoms with Crippen molar-refractivity contribution in [1.82, 2.24) is 28.7 Å². The number of carbonyl (C=O) groups is 2. The van der Waals surface area contributed by atoms with Gasteiger partial charge in [0.2, 0.25) is 5.95 Å². The van der Waals surface area contributed by atoms with Crippen molar-refractivity contribution in [2.75, 3.05) is 44.7 Å². The van der Waals surface area contributed by atoms with Crippen molar-refractivity contribution in [2.45, 2.75) is 75.6 Å². The van der Waals surface area contributed by atoms with Gasteiger partial charge in [0.15, 0.2) is 5.60 Å². The molecule has 344 valence electrons. The van der Waals surface area contributed by atoms with Gasteiger partial charge in [0.25, 0.3) is 15.6 Å². The number of ether oxygens (including phenoxy) is 3. The lowest BCUT2D eigenvalue weighted by atomic mass is 9.87. The molecule has 16 heteroatoms. The Morgan fingerprint density at radius 2 is 1.67 bits per heavy atom. The number of amides is 2. The molecule has 2 aliphatic rings. The number of likely N-dealkylation sites (N-methyl/N-ethyl adjacent to an activating group) is 1. The summed E-state index contributed by atoms with van der Waals surface area (Å²) in [6, 6.07) is 23.4. The second-order valence-electron chi connectivity index (χ2n) is 18.1. The summed E-state index contributed by atoms with van der Waals surface area (Å²) < 4.78 is 49.3. The molecule has 6 aromatic rings. The highest BCUT2D eigenvalue weighted by Gasteiger charge is 2.46. The monoisotopic (exact) mass is 913 g/mol.